The molecule has 0 N–H and O–H groups in total. The Bertz CT molecular complexity index is 854. The first-order valence-corrected chi connectivity index (χ1v) is 8.47. The van der Waals surface area contributed by atoms with Gasteiger partial charge in [0.2, 0.25) is 0 Å². The van der Waals surface area contributed by atoms with Gasteiger partial charge < -0.3 is 14.4 Å². The predicted octanol–water partition coefficient (Wildman–Crippen LogP) is 3.31. The molecule has 27 heavy (non-hydrogen) atoms. The fraction of sp³-hybridized carbons (Fsp3) is 0.316. The van der Waals surface area contributed by atoms with E-state index in [2.05, 4.69) is 0 Å². The molecule has 0 heterocycles. The van der Waals surface area contributed by atoms with E-state index in [1.165, 1.54) is 31.4 Å². The zero-order chi connectivity index (χ0) is 19.4. The molecule has 1 amide bonds. The van der Waals surface area contributed by atoms with Crippen molar-refractivity contribution in [1.29, 1.82) is 0 Å². The Hall–Kier alpha value is -3.16. The standard InChI is InChI=1S/C19H19FN2O5/c1-26-15-8-9-18(17(10-15)22(24)25)27-12-19(23)21(14-6-7-14)11-13-4-2-3-5-16(13)20/h2-5,8-10,14H,6-7,11-12H2,1H3. The number of nitrogens with zero attached hydrogens (tertiary/aromatic N) is 2. The summed E-state index contributed by atoms with van der Waals surface area (Å²) in [5.41, 5.74) is 0.141. The van der Waals surface area contributed by atoms with Crippen LogP contribution in [0.2, 0.25) is 0 Å². The normalized spacial score (nSPS) is 13.1. The highest BCUT2D eigenvalue weighted by Crippen LogP contribution is 2.32. The Morgan fingerprint density at radius 2 is 2.04 bits per heavy atom. The summed E-state index contributed by atoms with van der Waals surface area (Å²) in [5, 5.41) is 11.2. The molecular formula is C19H19FN2O5. The molecule has 2 aromatic rings. The lowest BCUT2D eigenvalue weighted by Gasteiger charge is -2.23. The van der Waals surface area contributed by atoms with Gasteiger partial charge in [0.15, 0.2) is 12.4 Å². The van der Waals surface area contributed by atoms with Crippen LogP contribution in [0.1, 0.15) is 18.4 Å². The third-order valence-electron chi connectivity index (χ3n) is 4.32. The molecule has 1 saturated carbocycles. The Morgan fingerprint density at radius 1 is 1.30 bits per heavy atom. The van der Waals surface area contributed by atoms with Gasteiger partial charge in [-0.1, -0.05) is 18.2 Å². The number of ether oxygens (including phenoxy) is 2. The highest BCUT2D eigenvalue weighted by Gasteiger charge is 2.33. The van der Waals surface area contributed by atoms with Crippen LogP contribution in [0.15, 0.2) is 42.5 Å². The van der Waals surface area contributed by atoms with Crippen molar-refractivity contribution < 1.29 is 23.6 Å². The molecule has 8 heteroatoms. The van der Waals surface area contributed by atoms with E-state index in [1.54, 1.807) is 23.1 Å². The number of methoxy groups -OCH3 is 1. The monoisotopic (exact) mass is 374 g/mol. The van der Waals surface area contributed by atoms with Gasteiger partial charge in [0.05, 0.1) is 18.1 Å². The molecule has 0 unspecified atom stereocenters. The minimum Gasteiger partial charge on any atom is -0.496 e. The molecule has 0 aliphatic heterocycles. The van der Waals surface area contributed by atoms with E-state index in [0.29, 0.717) is 11.3 Å². The molecule has 3 rings (SSSR count). The van der Waals surface area contributed by atoms with Crippen molar-refractivity contribution >= 4 is 11.6 Å². The third kappa shape index (κ3) is 4.52. The number of carbonyl (C=O) groups excluding carboxylic acids is 1. The van der Waals surface area contributed by atoms with Gasteiger partial charge >= 0.3 is 5.69 Å². The first-order chi connectivity index (χ1) is 13.0. The molecule has 1 aliphatic carbocycles. The number of nitro groups is 1. The SMILES string of the molecule is COc1ccc(OCC(=O)N(Cc2ccccc2F)C2CC2)c([N+](=O)[O-])c1. The van der Waals surface area contributed by atoms with E-state index in [4.69, 9.17) is 9.47 Å². The molecular weight excluding hydrogens is 355 g/mol. The largest absolute Gasteiger partial charge is 0.496 e. The number of hydrogen-bond acceptors (Lipinski definition) is 5. The van der Waals surface area contributed by atoms with Crippen LogP contribution in [0.3, 0.4) is 0 Å². The lowest BCUT2D eigenvalue weighted by Crippen LogP contribution is -2.36. The molecule has 0 saturated heterocycles. The van der Waals surface area contributed by atoms with E-state index in [1.807, 2.05) is 0 Å². The molecule has 1 aliphatic rings. The first-order valence-electron chi connectivity index (χ1n) is 8.47. The third-order valence-corrected chi connectivity index (χ3v) is 4.32. The minimum atomic E-state index is -0.597. The van der Waals surface area contributed by atoms with Crippen molar-refractivity contribution in [3.63, 3.8) is 0 Å². The summed E-state index contributed by atoms with van der Waals surface area (Å²) in [4.78, 5) is 24.8. The number of carbonyl (C=O) groups is 1. The van der Waals surface area contributed by atoms with E-state index >= 15 is 0 Å². The average Bonchev–Trinajstić information content (AvgIpc) is 3.50. The van der Waals surface area contributed by atoms with Crippen LogP contribution in [0, 0.1) is 15.9 Å². The molecule has 7 nitrogen and oxygen atoms in total. The Labute approximate surface area is 155 Å². The Balaban J connectivity index is 1.70. The predicted molar refractivity (Wildman–Crippen MR) is 95.1 cm³/mol. The van der Waals surface area contributed by atoms with Gasteiger partial charge in [0.25, 0.3) is 5.91 Å². The first kappa shape index (κ1) is 18.6. The van der Waals surface area contributed by atoms with Crippen molar-refractivity contribution in [2.24, 2.45) is 0 Å². The molecule has 0 spiro atoms. The molecule has 0 aromatic heterocycles. The minimum absolute atomic E-state index is 0.0178. The summed E-state index contributed by atoms with van der Waals surface area (Å²) in [6.07, 6.45) is 1.70. The summed E-state index contributed by atoms with van der Waals surface area (Å²) in [7, 11) is 1.40. The summed E-state index contributed by atoms with van der Waals surface area (Å²) in [6.45, 7) is -0.220. The van der Waals surface area contributed by atoms with Crippen LogP contribution in [-0.4, -0.2) is 35.5 Å². The maximum absolute atomic E-state index is 13.9. The number of hydrogen-bond donors (Lipinski definition) is 0. The zero-order valence-electron chi connectivity index (χ0n) is 14.8. The topological polar surface area (TPSA) is 81.9 Å². The summed E-state index contributed by atoms with van der Waals surface area (Å²) in [5.74, 6) is -0.413. The van der Waals surface area contributed by atoms with Crippen LogP contribution < -0.4 is 9.47 Å². The van der Waals surface area contributed by atoms with Gasteiger partial charge in [-0.15, -0.1) is 0 Å². The molecule has 0 atom stereocenters. The van der Waals surface area contributed by atoms with Gasteiger partial charge in [0, 0.05) is 18.2 Å². The average molecular weight is 374 g/mol. The van der Waals surface area contributed by atoms with E-state index < -0.39 is 4.92 Å². The van der Waals surface area contributed by atoms with E-state index in [9.17, 15) is 19.3 Å². The van der Waals surface area contributed by atoms with Crippen LogP contribution in [0.25, 0.3) is 0 Å². The smallest absolute Gasteiger partial charge is 0.314 e. The molecule has 2 aromatic carbocycles. The van der Waals surface area contributed by atoms with Gasteiger partial charge in [0.1, 0.15) is 11.6 Å². The second kappa shape index (κ2) is 8.03. The quantitative estimate of drug-likeness (QED) is 0.523. The molecule has 0 bridgehead atoms. The second-order valence-electron chi connectivity index (χ2n) is 6.22. The van der Waals surface area contributed by atoms with Gasteiger partial charge in [-0.3, -0.25) is 14.9 Å². The summed E-state index contributed by atoms with van der Waals surface area (Å²) < 4.78 is 24.3. The maximum atomic E-state index is 13.9. The van der Waals surface area contributed by atoms with Crippen LogP contribution in [0.4, 0.5) is 10.1 Å². The van der Waals surface area contributed by atoms with Crippen LogP contribution >= 0.6 is 0 Å². The lowest BCUT2D eigenvalue weighted by molar-refractivity contribution is -0.385. The molecule has 142 valence electrons. The summed E-state index contributed by atoms with van der Waals surface area (Å²) in [6, 6.07) is 10.5. The Kier molecular flexibility index (Phi) is 5.54. The maximum Gasteiger partial charge on any atom is 0.314 e. The van der Waals surface area contributed by atoms with Crippen molar-refractivity contribution in [3.05, 3.63) is 64.0 Å². The van der Waals surface area contributed by atoms with Gasteiger partial charge in [-0.25, -0.2) is 4.39 Å². The number of halogens is 1. The molecule has 1 fully saturated rings. The van der Waals surface area contributed by atoms with Gasteiger partial charge in [-0.2, -0.15) is 0 Å². The fourth-order valence-corrected chi connectivity index (χ4v) is 2.73. The highest BCUT2D eigenvalue weighted by atomic mass is 19.1. The van der Waals surface area contributed by atoms with Gasteiger partial charge in [-0.05, 0) is 31.0 Å². The summed E-state index contributed by atoms with van der Waals surface area (Å²) >= 11 is 0. The van der Waals surface area contributed by atoms with E-state index in [-0.39, 0.29) is 42.4 Å². The Morgan fingerprint density at radius 3 is 2.67 bits per heavy atom. The number of benzene rings is 2. The van der Waals surface area contributed by atoms with E-state index in [0.717, 1.165) is 12.8 Å². The van der Waals surface area contributed by atoms with Crippen molar-refractivity contribution in [2.45, 2.75) is 25.4 Å². The highest BCUT2D eigenvalue weighted by molar-refractivity contribution is 5.78. The number of rotatable bonds is 8. The number of nitro benzene ring substituents is 1. The van der Waals surface area contributed by atoms with Crippen molar-refractivity contribution in [3.8, 4) is 11.5 Å². The van der Waals surface area contributed by atoms with Crippen LogP contribution in [-0.2, 0) is 11.3 Å². The lowest BCUT2D eigenvalue weighted by atomic mass is 10.2. The number of amides is 1. The van der Waals surface area contributed by atoms with Crippen LogP contribution in [0.5, 0.6) is 11.5 Å². The molecule has 0 radical (unpaired) electrons. The zero-order valence-corrected chi connectivity index (χ0v) is 14.8. The second-order valence-corrected chi connectivity index (χ2v) is 6.22. The van der Waals surface area contributed by atoms with Crippen molar-refractivity contribution in [1.82, 2.24) is 4.90 Å². The fourth-order valence-electron chi connectivity index (χ4n) is 2.73. The van der Waals surface area contributed by atoms with Crippen molar-refractivity contribution in [2.75, 3.05) is 13.7 Å².